The number of hydrogen-bond acceptors (Lipinski definition) is 4. The van der Waals surface area contributed by atoms with Gasteiger partial charge in [-0.3, -0.25) is 4.57 Å². The lowest BCUT2D eigenvalue weighted by molar-refractivity contribution is 0.304. The maximum Gasteiger partial charge on any atom is 0.345 e. The summed E-state index contributed by atoms with van der Waals surface area (Å²) in [5.74, 6) is -1.55. The minimum Gasteiger partial charge on any atom is -0.276 e. The number of rotatable bonds is 4. The normalized spacial score (nSPS) is 19.8. The first kappa shape index (κ1) is 20.2. The van der Waals surface area contributed by atoms with Crippen molar-refractivity contribution in [2.24, 2.45) is 7.05 Å². The van der Waals surface area contributed by atoms with Crippen LogP contribution in [0.3, 0.4) is 0 Å². The van der Waals surface area contributed by atoms with Gasteiger partial charge in [-0.1, -0.05) is 12.8 Å². The average Bonchev–Trinajstić information content (AvgIpc) is 3.32. The molecule has 0 spiro atoms. The van der Waals surface area contributed by atoms with Crippen molar-refractivity contribution in [2.45, 2.75) is 55.4 Å². The molecule has 0 amide bonds. The van der Waals surface area contributed by atoms with E-state index in [0.717, 1.165) is 43.6 Å². The molecule has 0 atom stereocenters. The molecule has 2 heterocycles. The van der Waals surface area contributed by atoms with Gasteiger partial charge in [0, 0.05) is 32.1 Å². The van der Waals surface area contributed by atoms with Crippen molar-refractivity contribution in [3.63, 3.8) is 0 Å². The minimum atomic E-state index is -3.90. The first-order valence-corrected chi connectivity index (χ1v) is 11.3. The van der Waals surface area contributed by atoms with E-state index in [-0.39, 0.29) is 35.6 Å². The summed E-state index contributed by atoms with van der Waals surface area (Å²) in [6.45, 7) is 0.475. The van der Waals surface area contributed by atoms with Crippen molar-refractivity contribution in [1.82, 2.24) is 18.7 Å². The van der Waals surface area contributed by atoms with Crippen LogP contribution in [0, 0.1) is 11.6 Å². The molecule has 2 aliphatic rings. The van der Waals surface area contributed by atoms with Gasteiger partial charge in [-0.05, 0) is 43.9 Å². The second kappa shape index (κ2) is 7.64. The zero-order valence-corrected chi connectivity index (χ0v) is 17.0. The van der Waals surface area contributed by atoms with Gasteiger partial charge in [-0.25, -0.2) is 26.7 Å². The Kier molecular flexibility index (Phi) is 5.32. The van der Waals surface area contributed by atoms with E-state index in [9.17, 15) is 22.0 Å². The Morgan fingerprint density at radius 3 is 2.31 bits per heavy atom. The number of benzene rings is 1. The van der Waals surface area contributed by atoms with Crippen LogP contribution in [0.1, 0.15) is 56.3 Å². The fourth-order valence-electron chi connectivity index (χ4n) is 4.42. The fourth-order valence-corrected chi connectivity index (χ4v) is 5.91. The molecule has 1 saturated heterocycles. The first-order valence-electron chi connectivity index (χ1n) is 9.89. The standard InChI is InChI=1S/C19H24F2N4O3S/c1-23-19(26)25(14-4-2-3-5-14)18(22-23)13-8-10-24(11-9-13)29(27,28)15-6-7-16(20)17(21)12-15/h6-7,12-14H,2-5,8-11H2,1H3. The minimum absolute atomic E-state index is 0.0131. The van der Waals surface area contributed by atoms with Crippen molar-refractivity contribution in [3.05, 3.63) is 46.1 Å². The average molecular weight is 426 g/mol. The molecule has 0 N–H and O–H groups in total. The number of aromatic nitrogens is 3. The summed E-state index contributed by atoms with van der Waals surface area (Å²) in [6, 6.07) is 2.78. The molecule has 1 saturated carbocycles. The zero-order valence-electron chi connectivity index (χ0n) is 16.2. The SMILES string of the molecule is Cn1nc(C2CCN(S(=O)(=O)c3ccc(F)c(F)c3)CC2)n(C2CCCC2)c1=O. The Morgan fingerprint density at radius 1 is 1.03 bits per heavy atom. The summed E-state index contributed by atoms with van der Waals surface area (Å²) in [6.07, 6.45) is 5.15. The van der Waals surface area contributed by atoms with Crippen LogP contribution >= 0.6 is 0 Å². The maximum absolute atomic E-state index is 13.5. The van der Waals surface area contributed by atoms with Crippen molar-refractivity contribution in [3.8, 4) is 0 Å². The molecular weight excluding hydrogens is 402 g/mol. The summed E-state index contributed by atoms with van der Waals surface area (Å²) >= 11 is 0. The van der Waals surface area contributed by atoms with Crippen molar-refractivity contribution < 1.29 is 17.2 Å². The lowest BCUT2D eigenvalue weighted by Gasteiger charge is -2.31. The van der Waals surface area contributed by atoms with Crippen molar-refractivity contribution in [2.75, 3.05) is 13.1 Å². The number of sulfonamides is 1. The Hall–Kier alpha value is -2.07. The maximum atomic E-state index is 13.5. The number of nitrogens with zero attached hydrogens (tertiary/aromatic N) is 4. The van der Waals surface area contributed by atoms with E-state index in [2.05, 4.69) is 5.10 Å². The van der Waals surface area contributed by atoms with Gasteiger partial charge in [0.2, 0.25) is 10.0 Å². The molecule has 0 unspecified atom stereocenters. The van der Waals surface area contributed by atoms with Crippen LogP contribution < -0.4 is 5.69 Å². The molecule has 2 aromatic rings. The van der Waals surface area contributed by atoms with Crippen LogP contribution in [0.5, 0.6) is 0 Å². The van der Waals surface area contributed by atoms with Gasteiger partial charge >= 0.3 is 5.69 Å². The van der Waals surface area contributed by atoms with Gasteiger partial charge in [0.05, 0.1) is 4.90 Å². The molecule has 7 nitrogen and oxygen atoms in total. The lowest BCUT2D eigenvalue weighted by Crippen LogP contribution is -2.38. The fraction of sp³-hybridized carbons (Fsp3) is 0.579. The zero-order chi connectivity index (χ0) is 20.8. The highest BCUT2D eigenvalue weighted by Crippen LogP contribution is 2.34. The monoisotopic (exact) mass is 426 g/mol. The largest absolute Gasteiger partial charge is 0.345 e. The van der Waals surface area contributed by atoms with Gasteiger partial charge in [0.25, 0.3) is 0 Å². The summed E-state index contributed by atoms with van der Waals surface area (Å²) in [7, 11) is -2.26. The molecule has 4 rings (SSSR count). The van der Waals surface area contributed by atoms with E-state index in [4.69, 9.17) is 0 Å². The van der Waals surface area contributed by atoms with Crippen LogP contribution in [0.15, 0.2) is 27.9 Å². The summed E-state index contributed by atoms with van der Waals surface area (Å²) in [4.78, 5) is 12.3. The number of halogens is 2. The van der Waals surface area contributed by atoms with Crippen LogP contribution in [0.4, 0.5) is 8.78 Å². The molecule has 10 heteroatoms. The van der Waals surface area contributed by atoms with Crippen LogP contribution in [0.25, 0.3) is 0 Å². The van der Waals surface area contributed by atoms with E-state index in [1.165, 1.54) is 8.99 Å². The predicted molar refractivity (Wildman–Crippen MR) is 102 cm³/mol. The number of hydrogen-bond donors (Lipinski definition) is 0. The highest BCUT2D eigenvalue weighted by Gasteiger charge is 2.34. The Labute approximate surface area is 168 Å². The van der Waals surface area contributed by atoms with Gasteiger partial charge in [0.1, 0.15) is 5.82 Å². The van der Waals surface area contributed by atoms with Gasteiger partial charge in [-0.2, -0.15) is 9.40 Å². The van der Waals surface area contributed by atoms with E-state index in [1.54, 1.807) is 11.6 Å². The van der Waals surface area contributed by atoms with E-state index >= 15 is 0 Å². The molecule has 0 radical (unpaired) electrons. The Bertz CT molecular complexity index is 1070. The van der Waals surface area contributed by atoms with Crippen molar-refractivity contribution >= 4 is 10.0 Å². The van der Waals surface area contributed by atoms with Gasteiger partial charge < -0.3 is 0 Å². The van der Waals surface area contributed by atoms with Gasteiger partial charge in [-0.15, -0.1) is 0 Å². The summed E-state index contributed by atoms with van der Waals surface area (Å²) < 4.78 is 56.7. The second-order valence-electron chi connectivity index (χ2n) is 7.83. The van der Waals surface area contributed by atoms with E-state index in [0.29, 0.717) is 18.9 Å². The number of piperidine rings is 1. The lowest BCUT2D eigenvalue weighted by atomic mass is 9.97. The highest BCUT2D eigenvalue weighted by molar-refractivity contribution is 7.89. The first-order chi connectivity index (χ1) is 13.8. The third-order valence-electron chi connectivity index (χ3n) is 6.02. The third-order valence-corrected chi connectivity index (χ3v) is 7.91. The molecule has 158 valence electrons. The second-order valence-corrected chi connectivity index (χ2v) is 9.76. The van der Waals surface area contributed by atoms with Crippen LogP contribution in [-0.2, 0) is 17.1 Å². The molecule has 2 fully saturated rings. The Balaban J connectivity index is 1.53. The number of aryl methyl sites for hydroxylation is 1. The molecule has 1 aromatic carbocycles. The molecule has 1 aliphatic carbocycles. The Morgan fingerprint density at radius 2 is 1.69 bits per heavy atom. The highest BCUT2D eigenvalue weighted by atomic mass is 32.2. The summed E-state index contributed by atoms with van der Waals surface area (Å²) in [5.41, 5.74) is -0.122. The topological polar surface area (TPSA) is 77.2 Å². The smallest absolute Gasteiger partial charge is 0.276 e. The van der Waals surface area contributed by atoms with Crippen molar-refractivity contribution in [1.29, 1.82) is 0 Å². The third kappa shape index (κ3) is 3.63. The quantitative estimate of drug-likeness (QED) is 0.753. The van der Waals surface area contributed by atoms with Crippen LogP contribution in [-0.4, -0.2) is 40.2 Å². The molecule has 29 heavy (non-hydrogen) atoms. The van der Waals surface area contributed by atoms with Gasteiger partial charge in [0.15, 0.2) is 11.6 Å². The van der Waals surface area contributed by atoms with E-state index in [1.807, 2.05) is 0 Å². The van der Waals surface area contributed by atoms with E-state index < -0.39 is 21.7 Å². The molecular formula is C19H24F2N4O3S. The molecule has 0 bridgehead atoms. The van der Waals surface area contributed by atoms with Crippen LogP contribution in [0.2, 0.25) is 0 Å². The predicted octanol–water partition coefficient (Wildman–Crippen LogP) is 2.54. The molecule has 1 aliphatic heterocycles. The summed E-state index contributed by atoms with van der Waals surface area (Å²) in [5, 5.41) is 4.45. The molecule has 1 aromatic heterocycles.